The van der Waals surface area contributed by atoms with Crippen LogP contribution in [0.2, 0.25) is 0 Å². The minimum Gasteiger partial charge on any atom is -0.365 e. The van der Waals surface area contributed by atoms with Gasteiger partial charge >= 0.3 is 0 Å². The molecule has 1 aliphatic heterocycles. The van der Waals surface area contributed by atoms with E-state index in [0.29, 0.717) is 12.2 Å². The van der Waals surface area contributed by atoms with Gasteiger partial charge in [-0.2, -0.15) is 0 Å². The molecule has 1 heteroatoms. The summed E-state index contributed by atoms with van der Waals surface area (Å²) < 4.78 is 5.40. The maximum Gasteiger partial charge on any atom is 0.109 e. The van der Waals surface area contributed by atoms with Crippen LogP contribution in [0, 0.1) is 0 Å². The molecule has 0 saturated carbocycles. The average Bonchev–Trinajstić information content (AvgIpc) is 2.83. The normalized spacial score (nSPS) is 26.8. The highest BCUT2D eigenvalue weighted by atomic mass is 16.6. The molecule has 1 heterocycles. The van der Waals surface area contributed by atoms with Gasteiger partial charge in [-0.15, -0.1) is 0 Å². The molecule has 1 saturated heterocycles. The van der Waals surface area contributed by atoms with Crippen molar-refractivity contribution >= 4 is 6.08 Å². The molecule has 1 aromatic carbocycles. The summed E-state index contributed by atoms with van der Waals surface area (Å²) in [6.45, 7) is 5.86. The van der Waals surface area contributed by atoms with Gasteiger partial charge in [-0.1, -0.05) is 36.9 Å². The number of benzene rings is 1. The highest BCUT2D eigenvalue weighted by Crippen LogP contribution is 2.39. The molecule has 1 aromatic rings. The Kier molecular flexibility index (Phi) is 1.74. The zero-order chi connectivity index (χ0) is 8.55. The van der Waals surface area contributed by atoms with Crippen LogP contribution >= 0.6 is 0 Å². The van der Waals surface area contributed by atoms with E-state index in [1.807, 2.05) is 18.2 Å². The van der Waals surface area contributed by atoms with Gasteiger partial charge in [0.15, 0.2) is 0 Å². The predicted octanol–water partition coefficient (Wildman–Crippen LogP) is 2.79. The third-order valence-electron chi connectivity index (χ3n) is 2.23. The first-order chi connectivity index (χ1) is 5.83. The molecule has 0 spiro atoms. The first-order valence-electron chi connectivity index (χ1n) is 4.20. The molecular formula is C11H12O. The quantitative estimate of drug-likeness (QED) is 0.606. The van der Waals surface area contributed by atoms with E-state index in [1.165, 1.54) is 11.1 Å². The fourth-order valence-corrected chi connectivity index (χ4v) is 1.47. The molecule has 1 aliphatic rings. The molecule has 2 rings (SSSR count). The van der Waals surface area contributed by atoms with Gasteiger partial charge in [-0.05, 0) is 18.1 Å². The van der Waals surface area contributed by atoms with E-state index >= 15 is 0 Å². The molecular weight excluding hydrogens is 148 g/mol. The average molecular weight is 160 g/mol. The molecule has 0 aliphatic carbocycles. The third kappa shape index (κ3) is 1.16. The van der Waals surface area contributed by atoms with Gasteiger partial charge in [-0.3, -0.25) is 0 Å². The van der Waals surface area contributed by atoms with Crippen molar-refractivity contribution in [3.8, 4) is 0 Å². The Bertz CT molecular complexity index is 304. The minimum atomic E-state index is 0.305. The summed E-state index contributed by atoms with van der Waals surface area (Å²) in [5.74, 6) is 0. The van der Waals surface area contributed by atoms with Gasteiger partial charge in [0.25, 0.3) is 0 Å². The number of rotatable bonds is 2. The molecule has 1 nitrogen and oxygen atoms in total. The molecule has 2 atom stereocenters. The van der Waals surface area contributed by atoms with Gasteiger partial charge in [0.05, 0.1) is 6.10 Å². The molecule has 0 bridgehead atoms. The Balaban J connectivity index is 2.35. The molecule has 0 aromatic heterocycles. The summed E-state index contributed by atoms with van der Waals surface area (Å²) in [6, 6.07) is 8.23. The van der Waals surface area contributed by atoms with E-state index in [1.54, 1.807) is 0 Å². The van der Waals surface area contributed by atoms with E-state index in [4.69, 9.17) is 4.74 Å². The first-order valence-corrected chi connectivity index (χ1v) is 4.20. The summed E-state index contributed by atoms with van der Waals surface area (Å²) in [7, 11) is 0. The molecule has 0 amide bonds. The van der Waals surface area contributed by atoms with Crippen molar-refractivity contribution in [3.05, 3.63) is 42.0 Å². The monoisotopic (exact) mass is 160 g/mol. The number of hydrogen-bond donors (Lipinski definition) is 0. The topological polar surface area (TPSA) is 12.5 Å². The standard InChI is InChI=1S/C11H12O/c1-3-9-6-4-5-7-10(9)11-8(2)12-11/h3-8,11H,1H2,2H3. The van der Waals surface area contributed by atoms with Crippen molar-refractivity contribution in [3.63, 3.8) is 0 Å². The van der Waals surface area contributed by atoms with E-state index in [9.17, 15) is 0 Å². The van der Waals surface area contributed by atoms with E-state index in [0.717, 1.165) is 0 Å². The van der Waals surface area contributed by atoms with Gasteiger partial charge in [0.1, 0.15) is 6.10 Å². The Morgan fingerprint density at radius 2 is 2.08 bits per heavy atom. The lowest BCUT2D eigenvalue weighted by atomic mass is 10.0. The van der Waals surface area contributed by atoms with Crippen LogP contribution in [0.1, 0.15) is 24.2 Å². The van der Waals surface area contributed by atoms with Crippen LogP contribution in [-0.2, 0) is 4.74 Å². The Morgan fingerprint density at radius 3 is 2.67 bits per heavy atom. The molecule has 12 heavy (non-hydrogen) atoms. The van der Waals surface area contributed by atoms with Crippen molar-refractivity contribution in [1.29, 1.82) is 0 Å². The third-order valence-corrected chi connectivity index (χ3v) is 2.23. The Labute approximate surface area is 72.7 Å². The molecule has 0 radical (unpaired) electrons. The summed E-state index contributed by atoms with van der Waals surface area (Å²) in [4.78, 5) is 0. The highest BCUT2D eigenvalue weighted by Gasteiger charge is 2.36. The smallest absolute Gasteiger partial charge is 0.109 e. The maximum atomic E-state index is 5.40. The Morgan fingerprint density at radius 1 is 1.42 bits per heavy atom. The van der Waals surface area contributed by atoms with Crippen LogP contribution in [0.25, 0.3) is 6.08 Å². The van der Waals surface area contributed by atoms with Crippen LogP contribution in [-0.4, -0.2) is 6.10 Å². The second kappa shape index (κ2) is 2.76. The van der Waals surface area contributed by atoms with Crippen molar-refractivity contribution < 1.29 is 4.74 Å². The lowest BCUT2D eigenvalue weighted by molar-refractivity contribution is 0.383. The second-order valence-electron chi connectivity index (χ2n) is 3.09. The Hall–Kier alpha value is -1.08. The molecule has 2 unspecified atom stereocenters. The van der Waals surface area contributed by atoms with Crippen LogP contribution < -0.4 is 0 Å². The zero-order valence-corrected chi connectivity index (χ0v) is 7.16. The van der Waals surface area contributed by atoms with Gasteiger partial charge in [0.2, 0.25) is 0 Å². The van der Waals surface area contributed by atoms with Gasteiger partial charge in [-0.25, -0.2) is 0 Å². The summed E-state index contributed by atoms with van der Waals surface area (Å²) in [5, 5.41) is 0. The van der Waals surface area contributed by atoms with Crippen LogP contribution in [0.5, 0.6) is 0 Å². The van der Waals surface area contributed by atoms with Crippen molar-refractivity contribution in [1.82, 2.24) is 0 Å². The second-order valence-corrected chi connectivity index (χ2v) is 3.09. The van der Waals surface area contributed by atoms with Crippen molar-refractivity contribution in [2.24, 2.45) is 0 Å². The number of ether oxygens (including phenoxy) is 1. The van der Waals surface area contributed by atoms with E-state index in [-0.39, 0.29) is 0 Å². The van der Waals surface area contributed by atoms with E-state index < -0.39 is 0 Å². The molecule has 1 fully saturated rings. The number of epoxide rings is 1. The molecule has 62 valence electrons. The lowest BCUT2D eigenvalue weighted by Gasteiger charge is -2.00. The largest absolute Gasteiger partial charge is 0.365 e. The van der Waals surface area contributed by atoms with Crippen LogP contribution in [0.3, 0.4) is 0 Å². The summed E-state index contributed by atoms with van der Waals surface area (Å²) in [5.41, 5.74) is 2.45. The van der Waals surface area contributed by atoms with Gasteiger partial charge < -0.3 is 4.74 Å². The maximum absolute atomic E-state index is 5.40. The zero-order valence-electron chi connectivity index (χ0n) is 7.16. The summed E-state index contributed by atoms with van der Waals surface area (Å²) >= 11 is 0. The van der Waals surface area contributed by atoms with Crippen molar-refractivity contribution in [2.75, 3.05) is 0 Å². The van der Waals surface area contributed by atoms with Crippen LogP contribution in [0.4, 0.5) is 0 Å². The predicted molar refractivity (Wildman–Crippen MR) is 49.8 cm³/mol. The summed E-state index contributed by atoms with van der Waals surface area (Å²) in [6.07, 6.45) is 2.56. The lowest BCUT2D eigenvalue weighted by Crippen LogP contribution is -1.87. The fourth-order valence-electron chi connectivity index (χ4n) is 1.47. The molecule has 0 N–H and O–H groups in total. The SMILES string of the molecule is C=Cc1ccccc1C1OC1C. The minimum absolute atomic E-state index is 0.305. The first kappa shape index (κ1) is 7.56. The van der Waals surface area contributed by atoms with Crippen molar-refractivity contribution in [2.45, 2.75) is 19.1 Å². The number of hydrogen-bond acceptors (Lipinski definition) is 1. The van der Waals surface area contributed by atoms with Crippen LogP contribution in [0.15, 0.2) is 30.8 Å². The fraction of sp³-hybridized carbons (Fsp3) is 0.273. The highest BCUT2D eigenvalue weighted by molar-refractivity contribution is 5.53. The van der Waals surface area contributed by atoms with E-state index in [2.05, 4.69) is 25.6 Å². The van der Waals surface area contributed by atoms with Gasteiger partial charge in [0, 0.05) is 0 Å².